The van der Waals surface area contributed by atoms with Crippen LogP contribution in [0.15, 0.2) is 24.3 Å². The van der Waals surface area contributed by atoms with E-state index in [2.05, 4.69) is 15.1 Å². The SMILES string of the molecule is C/C=C/c1ccc(OCC(O)CN2CCN(CC(=O)NCCCOC)CC2)c(OC)c1. The standard InChI is InChI=1S/C23H37N3O5/c1-4-6-19-7-8-21(22(15-19)30-3)31-18-20(27)16-25-10-12-26(13-11-25)17-23(28)24-9-5-14-29-2/h4,6-8,15,20,27H,5,9-14,16-18H2,1-3H3,(H,24,28)/b6-4+. The second kappa shape index (κ2) is 14.0. The van der Waals surface area contributed by atoms with Gasteiger partial charge in [0.1, 0.15) is 12.7 Å². The van der Waals surface area contributed by atoms with Crippen LogP contribution in [-0.4, -0.2) is 100 Å². The van der Waals surface area contributed by atoms with E-state index in [0.29, 0.717) is 37.7 Å². The summed E-state index contributed by atoms with van der Waals surface area (Å²) in [6, 6.07) is 5.73. The van der Waals surface area contributed by atoms with Gasteiger partial charge in [-0.15, -0.1) is 0 Å². The third kappa shape index (κ3) is 9.26. The van der Waals surface area contributed by atoms with Crippen molar-refractivity contribution in [1.29, 1.82) is 0 Å². The Morgan fingerprint density at radius 1 is 1.19 bits per heavy atom. The molecule has 2 N–H and O–H groups in total. The normalized spacial score (nSPS) is 16.4. The summed E-state index contributed by atoms with van der Waals surface area (Å²) in [5, 5.41) is 13.3. The predicted octanol–water partition coefficient (Wildman–Crippen LogP) is 1.24. The number of hydrogen-bond acceptors (Lipinski definition) is 7. The van der Waals surface area contributed by atoms with Crippen LogP contribution in [0.4, 0.5) is 0 Å². The Bertz CT molecular complexity index is 690. The number of aliphatic hydroxyl groups excluding tert-OH is 1. The molecule has 1 aromatic rings. The van der Waals surface area contributed by atoms with Gasteiger partial charge in [0.2, 0.25) is 5.91 Å². The first-order valence-corrected chi connectivity index (χ1v) is 10.9. The maximum Gasteiger partial charge on any atom is 0.234 e. The van der Waals surface area contributed by atoms with E-state index in [4.69, 9.17) is 14.2 Å². The van der Waals surface area contributed by atoms with Gasteiger partial charge in [0.25, 0.3) is 0 Å². The minimum Gasteiger partial charge on any atom is -0.493 e. The number of allylic oxidation sites excluding steroid dienone is 1. The molecule has 0 saturated carbocycles. The van der Waals surface area contributed by atoms with Gasteiger partial charge in [-0.3, -0.25) is 14.6 Å². The van der Waals surface area contributed by atoms with Gasteiger partial charge >= 0.3 is 0 Å². The first-order valence-electron chi connectivity index (χ1n) is 10.9. The van der Waals surface area contributed by atoms with Crippen LogP contribution in [0.1, 0.15) is 18.9 Å². The Balaban J connectivity index is 1.68. The number of rotatable bonds is 13. The number of methoxy groups -OCH3 is 2. The van der Waals surface area contributed by atoms with E-state index in [1.807, 2.05) is 37.3 Å². The molecule has 1 heterocycles. The molecule has 0 aliphatic carbocycles. The van der Waals surface area contributed by atoms with Crippen LogP contribution in [-0.2, 0) is 9.53 Å². The molecule has 0 bridgehead atoms. The molecule has 1 aliphatic rings. The highest BCUT2D eigenvalue weighted by molar-refractivity contribution is 5.77. The predicted molar refractivity (Wildman–Crippen MR) is 122 cm³/mol. The summed E-state index contributed by atoms with van der Waals surface area (Å²) in [5.41, 5.74) is 1.04. The summed E-state index contributed by atoms with van der Waals surface area (Å²) >= 11 is 0. The average Bonchev–Trinajstić information content (AvgIpc) is 2.77. The van der Waals surface area contributed by atoms with Crippen molar-refractivity contribution in [3.8, 4) is 11.5 Å². The van der Waals surface area contributed by atoms with E-state index in [-0.39, 0.29) is 12.5 Å². The minimum absolute atomic E-state index is 0.0485. The number of piperazine rings is 1. The molecule has 8 nitrogen and oxygen atoms in total. The fourth-order valence-corrected chi connectivity index (χ4v) is 3.47. The van der Waals surface area contributed by atoms with Gasteiger partial charge in [-0.25, -0.2) is 0 Å². The van der Waals surface area contributed by atoms with Crippen molar-refractivity contribution in [2.75, 3.05) is 73.2 Å². The highest BCUT2D eigenvalue weighted by Crippen LogP contribution is 2.28. The zero-order valence-electron chi connectivity index (χ0n) is 19.0. The fraction of sp³-hybridized carbons (Fsp3) is 0.609. The Hall–Kier alpha value is -2.13. The van der Waals surface area contributed by atoms with E-state index in [1.165, 1.54) is 0 Å². The van der Waals surface area contributed by atoms with Gasteiger partial charge in [-0.1, -0.05) is 18.2 Å². The monoisotopic (exact) mass is 435 g/mol. The van der Waals surface area contributed by atoms with E-state index in [0.717, 1.165) is 38.2 Å². The number of carbonyl (C=O) groups is 1. The Morgan fingerprint density at radius 2 is 1.94 bits per heavy atom. The van der Waals surface area contributed by atoms with Crippen molar-refractivity contribution in [1.82, 2.24) is 15.1 Å². The second-order valence-corrected chi connectivity index (χ2v) is 7.65. The Labute approximate surface area is 185 Å². The van der Waals surface area contributed by atoms with Crippen LogP contribution in [0.3, 0.4) is 0 Å². The van der Waals surface area contributed by atoms with Gasteiger partial charge in [0, 0.05) is 53.0 Å². The van der Waals surface area contributed by atoms with Gasteiger partial charge in [0.15, 0.2) is 11.5 Å². The summed E-state index contributed by atoms with van der Waals surface area (Å²) in [7, 11) is 3.27. The molecule has 0 spiro atoms. The summed E-state index contributed by atoms with van der Waals surface area (Å²) in [6.45, 7) is 7.64. The Kier molecular flexibility index (Phi) is 11.4. The number of aliphatic hydroxyl groups is 1. The number of nitrogens with one attached hydrogen (secondary N) is 1. The molecule has 0 radical (unpaired) electrons. The van der Waals surface area contributed by atoms with E-state index in [9.17, 15) is 9.90 Å². The molecule has 1 fully saturated rings. The second-order valence-electron chi connectivity index (χ2n) is 7.65. The lowest BCUT2D eigenvalue weighted by molar-refractivity contribution is -0.122. The number of carbonyl (C=O) groups excluding carboxylic acids is 1. The zero-order valence-corrected chi connectivity index (χ0v) is 19.0. The lowest BCUT2D eigenvalue weighted by Crippen LogP contribution is -2.51. The molecule has 31 heavy (non-hydrogen) atoms. The zero-order chi connectivity index (χ0) is 22.5. The quantitative estimate of drug-likeness (QED) is 0.451. The third-order valence-corrected chi connectivity index (χ3v) is 5.13. The molecular weight excluding hydrogens is 398 g/mol. The van der Waals surface area contributed by atoms with Crippen LogP contribution in [0.25, 0.3) is 6.08 Å². The molecule has 1 unspecified atom stereocenters. The summed E-state index contributed by atoms with van der Waals surface area (Å²) in [4.78, 5) is 16.3. The molecule has 2 rings (SSSR count). The fourth-order valence-electron chi connectivity index (χ4n) is 3.47. The van der Waals surface area contributed by atoms with Crippen molar-refractivity contribution in [3.63, 3.8) is 0 Å². The molecular formula is C23H37N3O5. The number of benzene rings is 1. The Morgan fingerprint density at radius 3 is 2.61 bits per heavy atom. The van der Waals surface area contributed by atoms with E-state index in [1.54, 1.807) is 14.2 Å². The number of β-amino-alcohol motifs (C(OH)–C–C–N with tert-alkyl or cyclic N) is 1. The van der Waals surface area contributed by atoms with Gasteiger partial charge in [-0.2, -0.15) is 0 Å². The number of hydrogen-bond donors (Lipinski definition) is 2. The molecule has 1 amide bonds. The number of nitrogens with zero attached hydrogens (tertiary/aromatic N) is 2. The highest BCUT2D eigenvalue weighted by Gasteiger charge is 2.21. The maximum atomic E-state index is 12.0. The van der Waals surface area contributed by atoms with Gasteiger partial charge in [-0.05, 0) is 31.0 Å². The van der Waals surface area contributed by atoms with Crippen LogP contribution in [0.2, 0.25) is 0 Å². The topological polar surface area (TPSA) is 83.5 Å². The molecule has 1 atom stereocenters. The molecule has 8 heteroatoms. The minimum atomic E-state index is -0.601. The van der Waals surface area contributed by atoms with Gasteiger partial charge in [0.05, 0.1) is 13.7 Å². The lowest BCUT2D eigenvalue weighted by atomic mass is 10.2. The third-order valence-electron chi connectivity index (χ3n) is 5.13. The molecule has 174 valence electrons. The van der Waals surface area contributed by atoms with Crippen LogP contribution in [0.5, 0.6) is 11.5 Å². The van der Waals surface area contributed by atoms with Gasteiger partial charge < -0.3 is 24.6 Å². The lowest BCUT2D eigenvalue weighted by Gasteiger charge is -2.35. The van der Waals surface area contributed by atoms with Crippen LogP contribution in [0, 0.1) is 0 Å². The molecule has 0 aromatic heterocycles. The van der Waals surface area contributed by atoms with E-state index < -0.39 is 6.10 Å². The van der Waals surface area contributed by atoms with Crippen molar-refractivity contribution < 1.29 is 24.1 Å². The molecule has 1 aliphatic heterocycles. The average molecular weight is 436 g/mol. The van der Waals surface area contributed by atoms with Crippen molar-refractivity contribution in [3.05, 3.63) is 29.8 Å². The smallest absolute Gasteiger partial charge is 0.234 e. The summed E-state index contributed by atoms with van der Waals surface area (Å²) < 4.78 is 16.2. The van der Waals surface area contributed by atoms with Crippen molar-refractivity contribution in [2.24, 2.45) is 0 Å². The first-order chi connectivity index (χ1) is 15.0. The summed E-state index contributed by atoms with van der Waals surface area (Å²) in [6.07, 6.45) is 4.18. The van der Waals surface area contributed by atoms with Crippen molar-refractivity contribution >= 4 is 12.0 Å². The maximum absolute atomic E-state index is 12.0. The van der Waals surface area contributed by atoms with Crippen LogP contribution < -0.4 is 14.8 Å². The number of ether oxygens (including phenoxy) is 3. The van der Waals surface area contributed by atoms with Crippen molar-refractivity contribution in [2.45, 2.75) is 19.4 Å². The first kappa shape index (κ1) is 25.1. The van der Waals surface area contributed by atoms with Crippen LogP contribution >= 0.6 is 0 Å². The largest absolute Gasteiger partial charge is 0.493 e. The molecule has 1 saturated heterocycles. The molecule has 1 aromatic carbocycles. The summed E-state index contributed by atoms with van der Waals surface area (Å²) in [5.74, 6) is 1.32. The van der Waals surface area contributed by atoms with E-state index >= 15 is 0 Å². The number of amides is 1. The highest BCUT2D eigenvalue weighted by atomic mass is 16.5.